The molecule has 0 N–H and O–H groups in total. The molecule has 7 rings (SSSR count). The molecule has 0 saturated carbocycles. The third-order valence-electron chi connectivity index (χ3n) is 7.74. The Morgan fingerprint density at radius 2 is 1.49 bits per heavy atom. The summed E-state index contributed by atoms with van der Waals surface area (Å²) in [6.45, 7) is 2.82. The molecule has 7 nitrogen and oxygen atoms in total. The lowest BCUT2D eigenvalue weighted by molar-refractivity contribution is 0.0767. The smallest absolute Gasteiger partial charge is 0.253 e. The van der Waals surface area contributed by atoms with Crippen LogP contribution in [0.3, 0.4) is 0 Å². The Balaban J connectivity index is 1.20. The summed E-state index contributed by atoms with van der Waals surface area (Å²) in [5, 5.41) is 7.86. The number of fused-ring (bicyclic) bond motifs is 2. The van der Waals surface area contributed by atoms with E-state index in [0.717, 1.165) is 63.2 Å². The van der Waals surface area contributed by atoms with Crippen molar-refractivity contribution in [3.63, 3.8) is 0 Å². The zero-order chi connectivity index (χ0) is 27.6. The summed E-state index contributed by atoms with van der Waals surface area (Å²) in [5.74, 6) is 1.71. The van der Waals surface area contributed by atoms with Crippen LogP contribution in [0.25, 0.3) is 27.5 Å². The van der Waals surface area contributed by atoms with E-state index in [1.54, 1.807) is 0 Å². The normalized spacial score (nSPS) is 14.0. The third-order valence-corrected chi connectivity index (χ3v) is 7.74. The zero-order valence-electron chi connectivity index (χ0n) is 22.7. The van der Waals surface area contributed by atoms with E-state index in [-0.39, 0.29) is 5.91 Å². The lowest BCUT2D eigenvalue weighted by Crippen LogP contribution is -2.35. The van der Waals surface area contributed by atoms with Crippen LogP contribution in [0.4, 0.5) is 5.82 Å². The molecule has 1 amide bonds. The average Bonchev–Trinajstić information content (AvgIpc) is 3.30. The summed E-state index contributed by atoms with van der Waals surface area (Å²) >= 11 is 0. The Kier molecular flexibility index (Phi) is 6.61. The number of amides is 1. The highest BCUT2D eigenvalue weighted by Gasteiger charge is 2.24. The second kappa shape index (κ2) is 10.8. The van der Waals surface area contributed by atoms with E-state index in [9.17, 15) is 4.79 Å². The number of rotatable bonds is 5. The summed E-state index contributed by atoms with van der Waals surface area (Å²) < 4.78 is 1.89. The van der Waals surface area contributed by atoms with Crippen molar-refractivity contribution in [3.8, 4) is 5.69 Å². The first-order valence-corrected chi connectivity index (χ1v) is 14.1. The molecule has 1 aliphatic heterocycles. The van der Waals surface area contributed by atoms with Crippen LogP contribution in [0.1, 0.15) is 28.2 Å². The number of nitrogens with zero attached hydrogens (tertiary/aromatic N) is 6. The van der Waals surface area contributed by atoms with Gasteiger partial charge in [0.15, 0.2) is 5.65 Å². The largest absolute Gasteiger partial charge is 0.354 e. The van der Waals surface area contributed by atoms with Crippen LogP contribution in [0.15, 0.2) is 109 Å². The highest BCUT2D eigenvalue weighted by Crippen LogP contribution is 2.28. The molecule has 2 aromatic heterocycles. The van der Waals surface area contributed by atoms with Gasteiger partial charge in [-0.2, -0.15) is 5.10 Å². The molecule has 1 aliphatic rings. The lowest BCUT2D eigenvalue weighted by atomic mass is 10.1. The fourth-order valence-electron chi connectivity index (χ4n) is 5.63. The van der Waals surface area contributed by atoms with Crippen LogP contribution in [-0.4, -0.2) is 56.7 Å². The molecule has 0 unspecified atom stereocenters. The predicted molar refractivity (Wildman–Crippen MR) is 163 cm³/mol. The number of hydrogen-bond donors (Lipinski definition) is 0. The molecule has 41 heavy (non-hydrogen) atoms. The quantitative estimate of drug-likeness (QED) is 0.273. The molecule has 0 spiro atoms. The van der Waals surface area contributed by atoms with Crippen molar-refractivity contribution in [2.75, 3.05) is 31.1 Å². The van der Waals surface area contributed by atoms with Gasteiger partial charge in [-0.05, 0) is 47.0 Å². The molecular weight excluding hydrogens is 508 g/mol. The Bertz CT molecular complexity index is 1830. The fraction of sp³-hybridized carbons (Fsp3) is 0.176. The first-order chi connectivity index (χ1) is 20.2. The molecule has 0 aliphatic carbocycles. The molecule has 7 heteroatoms. The van der Waals surface area contributed by atoms with Gasteiger partial charge in [0.05, 0.1) is 17.3 Å². The maximum atomic E-state index is 13.5. The topological polar surface area (TPSA) is 67.2 Å². The van der Waals surface area contributed by atoms with Crippen LogP contribution in [-0.2, 0) is 6.42 Å². The Morgan fingerprint density at radius 3 is 2.32 bits per heavy atom. The van der Waals surface area contributed by atoms with Crippen LogP contribution >= 0.6 is 0 Å². The minimum Gasteiger partial charge on any atom is -0.354 e. The van der Waals surface area contributed by atoms with Gasteiger partial charge in [-0.25, -0.2) is 14.6 Å². The highest BCUT2D eigenvalue weighted by atomic mass is 16.2. The summed E-state index contributed by atoms with van der Waals surface area (Å²) in [6.07, 6.45) is 3.35. The molecule has 0 radical (unpaired) electrons. The first-order valence-electron chi connectivity index (χ1n) is 14.1. The Labute approximate surface area is 238 Å². The monoisotopic (exact) mass is 538 g/mol. The zero-order valence-corrected chi connectivity index (χ0v) is 22.7. The van der Waals surface area contributed by atoms with Crippen molar-refractivity contribution in [1.82, 2.24) is 24.6 Å². The molecule has 3 heterocycles. The maximum Gasteiger partial charge on any atom is 0.253 e. The van der Waals surface area contributed by atoms with Crippen molar-refractivity contribution < 1.29 is 4.79 Å². The van der Waals surface area contributed by atoms with Crippen LogP contribution in [0, 0.1) is 0 Å². The summed E-state index contributed by atoms with van der Waals surface area (Å²) in [6, 6.07) is 34.5. The second-order valence-corrected chi connectivity index (χ2v) is 10.4. The van der Waals surface area contributed by atoms with Crippen molar-refractivity contribution in [1.29, 1.82) is 0 Å². The van der Waals surface area contributed by atoms with E-state index in [0.29, 0.717) is 26.1 Å². The van der Waals surface area contributed by atoms with Gasteiger partial charge in [-0.1, -0.05) is 78.9 Å². The first kappa shape index (κ1) is 25.0. The summed E-state index contributed by atoms with van der Waals surface area (Å²) in [7, 11) is 0. The molecule has 0 atom stereocenters. The standard InChI is InChI=1S/C34H30N6O/c41-34(28-17-16-26-12-7-8-13-27(26)23-28)39-19-9-18-38(20-21-39)32-30-24-35-40(29-14-5-2-6-15-29)33(30)37-31(36-32)22-25-10-3-1-4-11-25/h1-8,10-17,23-24H,9,18-22H2. The predicted octanol–water partition coefficient (Wildman–Crippen LogP) is 5.91. The van der Waals surface area contributed by atoms with Crippen LogP contribution < -0.4 is 4.90 Å². The van der Waals surface area contributed by atoms with Gasteiger partial charge in [0.25, 0.3) is 5.91 Å². The molecule has 1 saturated heterocycles. The highest BCUT2D eigenvalue weighted by molar-refractivity contribution is 5.98. The molecule has 0 bridgehead atoms. The van der Waals surface area contributed by atoms with Gasteiger partial charge in [0.2, 0.25) is 0 Å². The van der Waals surface area contributed by atoms with E-state index in [4.69, 9.17) is 15.1 Å². The van der Waals surface area contributed by atoms with Crippen LogP contribution in [0.2, 0.25) is 0 Å². The minimum atomic E-state index is 0.0760. The number of benzene rings is 4. The number of anilines is 1. The van der Waals surface area contributed by atoms with E-state index in [2.05, 4.69) is 29.2 Å². The van der Waals surface area contributed by atoms with Gasteiger partial charge < -0.3 is 9.80 Å². The van der Waals surface area contributed by atoms with Crippen molar-refractivity contribution in [2.45, 2.75) is 12.8 Å². The molecule has 202 valence electrons. The number of carbonyl (C=O) groups is 1. The van der Waals surface area contributed by atoms with Crippen LogP contribution in [0.5, 0.6) is 0 Å². The van der Waals surface area contributed by atoms with E-state index in [1.165, 1.54) is 0 Å². The van der Waals surface area contributed by atoms with Crippen molar-refractivity contribution in [2.24, 2.45) is 0 Å². The van der Waals surface area contributed by atoms with Gasteiger partial charge in [-0.15, -0.1) is 0 Å². The number of aromatic nitrogens is 4. The van der Waals surface area contributed by atoms with E-state index in [1.807, 2.05) is 94.6 Å². The number of para-hydroxylation sites is 1. The van der Waals surface area contributed by atoms with Gasteiger partial charge in [0.1, 0.15) is 11.6 Å². The summed E-state index contributed by atoms with van der Waals surface area (Å²) in [5.41, 5.74) is 3.64. The van der Waals surface area contributed by atoms with Crippen molar-refractivity contribution >= 4 is 33.5 Å². The average molecular weight is 539 g/mol. The summed E-state index contributed by atoms with van der Waals surface area (Å²) in [4.78, 5) is 27.9. The minimum absolute atomic E-state index is 0.0760. The molecule has 1 fully saturated rings. The van der Waals surface area contributed by atoms with Gasteiger partial charge in [0, 0.05) is 38.2 Å². The second-order valence-electron chi connectivity index (χ2n) is 10.4. The maximum absolute atomic E-state index is 13.5. The lowest BCUT2D eigenvalue weighted by Gasteiger charge is -2.24. The molecule has 6 aromatic rings. The number of hydrogen-bond acceptors (Lipinski definition) is 5. The van der Waals surface area contributed by atoms with Gasteiger partial charge >= 0.3 is 0 Å². The molecular formula is C34H30N6O. The SMILES string of the molecule is O=C(c1ccc2ccccc2c1)N1CCCN(c2nc(Cc3ccccc3)nc3c2cnn3-c2ccccc2)CC1. The number of carbonyl (C=O) groups excluding carboxylic acids is 1. The fourth-order valence-corrected chi connectivity index (χ4v) is 5.63. The Morgan fingerprint density at radius 1 is 0.732 bits per heavy atom. The molecule has 4 aromatic carbocycles. The Hall–Kier alpha value is -5.04. The van der Waals surface area contributed by atoms with Gasteiger partial charge in [-0.3, -0.25) is 4.79 Å². The third kappa shape index (κ3) is 5.02. The van der Waals surface area contributed by atoms with E-state index < -0.39 is 0 Å². The van der Waals surface area contributed by atoms with E-state index >= 15 is 0 Å². The van der Waals surface area contributed by atoms with Crippen molar-refractivity contribution in [3.05, 3.63) is 126 Å².